The molecule has 22 heavy (non-hydrogen) atoms. The number of hydrogen-bond donors (Lipinski definition) is 1. The van der Waals surface area contributed by atoms with Crippen molar-refractivity contribution in [2.75, 3.05) is 0 Å². The Morgan fingerprint density at radius 1 is 1.36 bits per heavy atom. The summed E-state index contributed by atoms with van der Waals surface area (Å²) in [6.45, 7) is 0.976. The Kier molecular flexibility index (Phi) is 5.08. The number of ether oxygens (including phenoxy) is 1. The maximum absolute atomic E-state index is 12.2. The van der Waals surface area contributed by atoms with Crippen LogP contribution in [0.15, 0.2) is 28.8 Å². The number of alkyl halides is 2. The predicted octanol–water partition coefficient (Wildman–Crippen LogP) is 3.08. The highest BCUT2D eigenvalue weighted by molar-refractivity contribution is 5.96. The average Bonchev–Trinajstić information content (AvgIpc) is 2.86. The summed E-state index contributed by atoms with van der Waals surface area (Å²) in [6, 6.07) is 6.07. The minimum absolute atomic E-state index is 0.0771. The molecular weight excluding hydrogens is 294 g/mol. The van der Waals surface area contributed by atoms with Crippen molar-refractivity contribution in [3.63, 3.8) is 0 Å². The molecule has 1 heterocycles. The van der Waals surface area contributed by atoms with E-state index in [2.05, 4.69) is 15.2 Å². The molecule has 0 fully saturated rings. The van der Waals surface area contributed by atoms with Crippen molar-refractivity contribution in [1.82, 2.24) is 10.5 Å². The van der Waals surface area contributed by atoms with E-state index in [-0.39, 0.29) is 18.2 Å². The van der Waals surface area contributed by atoms with Gasteiger partial charge >= 0.3 is 6.61 Å². The molecule has 0 aliphatic rings. The van der Waals surface area contributed by atoms with Crippen molar-refractivity contribution in [2.24, 2.45) is 0 Å². The van der Waals surface area contributed by atoms with Crippen LogP contribution in [-0.4, -0.2) is 17.7 Å². The molecule has 2 aromatic rings. The van der Waals surface area contributed by atoms with Gasteiger partial charge in [-0.25, -0.2) is 0 Å². The molecule has 7 heteroatoms. The molecule has 0 atom stereocenters. The quantitative estimate of drug-likeness (QED) is 0.890. The molecule has 1 N–H and O–H groups in total. The second kappa shape index (κ2) is 7.02. The number of rotatable bonds is 6. The Hall–Kier alpha value is -2.44. The lowest BCUT2D eigenvalue weighted by molar-refractivity contribution is -0.0498. The normalized spacial score (nSPS) is 10.8. The van der Waals surface area contributed by atoms with Crippen molar-refractivity contribution >= 4 is 5.91 Å². The van der Waals surface area contributed by atoms with Crippen LogP contribution in [0.3, 0.4) is 0 Å². The third kappa shape index (κ3) is 3.81. The molecule has 0 saturated carbocycles. The summed E-state index contributed by atoms with van der Waals surface area (Å²) < 4.78 is 33.4. The van der Waals surface area contributed by atoms with Gasteiger partial charge in [0.15, 0.2) is 0 Å². The molecule has 0 bridgehead atoms. The first-order valence-corrected chi connectivity index (χ1v) is 6.78. The Morgan fingerprint density at radius 3 is 2.64 bits per heavy atom. The third-order valence-corrected chi connectivity index (χ3v) is 3.10. The van der Waals surface area contributed by atoms with Crippen LogP contribution in [0.2, 0.25) is 0 Å². The Bertz CT molecular complexity index is 639. The average molecular weight is 310 g/mol. The lowest BCUT2D eigenvalue weighted by Crippen LogP contribution is -2.24. The van der Waals surface area contributed by atoms with Gasteiger partial charge in [0.2, 0.25) is 0 Å². The minimum atomic E-state index is -2.85. The van der Waals surface area contributed by atoms with Gasteiger partial charge in [0, 0.05) is 6.54 Å². The van der Waals surface area contributed by atoms with Gasteiger partial charge in [-0.05, 0) is 31.0 Å². The molecule has 0 aliphatic heterocycles. The van der Waals surface area contributed by atoms with Crippen molar-refractivity contribution in [2.45, 2.75) is 33.4 Å². The summed E-state index contributed by atoms with van der Waals surface area (Å²) >= 11 is 0. The number of hydrogen-bond acceptors (Lipinski definition) is 4. The molecule has 0 spiro atoms. The second-order valence-corrected chi connectivity index (χ2v) is 4.62. The van der Waals surface area contributed by atoms with Gasteiger partial charge < -0.3 is 14.6 Å². The van der Waals surface area contributed by atoms with Crippen LogP contribution in [0.25, 0.3) is 0 Å². The molecule has 2 rings (SSSR count). The van der Waals surface area contributed by atoms with E-state index in [0.29, 0.717) is 23.4 Å². The summed E-state index contributed by atoms with van der Waals surface area (Å²) in [5.74, 6) is 0.270. The third-order valence-electron chi connectivity index (χ3n) is 3.10. The van der Waals surface area contributed by atoms with E-state index >= 15 is 0 Å². The van der Waals surface area contributed by atoms with E-state index in [9.17, 15) is 13.6 Å². The Labute approximate surface area is 126 Å². The SMILES string of the molecule is CCc1noc(C)c1C(=O)NCc1ccc(OC(F)F)cc1. The first-order valence-electron chi connectivity index (χ1n) is 6.78. The lowest BCUT2D eigenvalue weighted by atomic mass is 10.1. The van der Waals surface area contributed by atoms with Crippen molar-refractivity contribution in [3.8, 4) is 5.75 Å². The van der Waals surface area contributed by atoms with Gasteiger partial charge in [0.05, 0.1) is 5.69 Å². The summed E-state index contributed by atoms with van der Waals surface area (Å²) in [6.07, 6.45) is 0.597. The summed E-state index contributed by atoms with van der Waals surface area (Å²) in [5.41, 5.74) is 1.82. The van der Waals surface area contributed by atoms with Gasteiger partial charge in [0.25, 0.3) is 5.91 Å². The van der Waals surface area contributed by atoms with E-state index in [0.717, 1.165) is 5.56 Å². The van der Waals surface area contributed by atoms with Crippen molar-refractivity contribution in [1.29, 1.82) is 0 Å². The Morgan fingerprint density at radius 2 is 2.05 bits per heavy atom. The molecule has 0 saturated heterocycles. The maximum atomic E-state index is 12.2. The van der Waals surface area contributed by atoms with Crippen LogP contribution in [0, 0.1) is 6.92 Å². The second-order valence-electron chi connectivity index (χ2n) is 4.62. The summed E-state index contributed by atoms with van der Waals surface area (Å²) in [4.78, 5) is 12.2. The zero-order chi connectivity index (χ0) is 16.1. The number of amides is 1. The fraction of sp³-hybridized carbons (Fsp3) is 0.333. The van der Waals surface area contributed by atoms with E-state index in [4.69, 9.17) is 4.52 Å². The number of aromatic nitrogens is 1. The fourth-order valence-corrected chi connectivity index (χ4v) is 2.01. The number of benzene rings is 1. The number of halogens is 2. The van der Waals surface area contributed by atoms with Crippen LogP contribution < -0.4 is 10.1 Å². The molecule has 5 nitrogen and oxygen atoms in total. The number of nitrogens with zero attached hydrogens (tertiary/aromatic N) is 1. The molecule has 1 amide bonds. The van der Waals surface area contributed by atoms with Crippen LogP contribution in [-0.2, 0) is 13.0 Å². The molecule has 0 unspecified atom stereocenters. The van der Waals surface area contributed by atoms with Crippen molar-refractivity contribution in [3.05, 3.63) is 46.8 Å². The molecule has 118 valence electrons. The highest BCUT2D eigenvalue weighted by Gasteiger charge is 2.18. The fourth-order valence-electron chi connectivity index (χ4n) is 2.01. The smallest absolute Gasteiger partial charge is 0.387 e. The van der Waals surface area contributed by atoms with E-state index < -0.39 is 6.61 Å². The van der Waals surface area contributed by atoms with Crippen molar-refractivity contribution < 1.29 is 22.8 Å². The van der Waals surface area contributed by atoms with Gasteiger partial charge in [0.1, 0.15) is 17.1 Å². The largest absolute Gasteiger partial charge is 0.435 e. The molecule has 1 aromatic heterocycles. The monoisotopic (exact) mass is 310 g/mol. The van der Waals surface area contributed by atoms with Gasteiger partial charge in [-0.3, -0.25) is 4.79 Å². The maximum Gasteiger partial charge on any atom is 0.387 e. The van der Waals surface area contributed by atoms with Crippen LogP contribution >= 0.6 is 0 Å². The van der Waals surface area contributed by atoms with Crippen LogP contribution in [0.4, 0.5) is 8.78 Å². The zero-order valence-corrected chi connectivity index (χ0v) is 12.2. The number of carbonyl (C=O) groups excluding carboxylic acids is 1. The standard InChI is InChI=1S/C15H16F2N2O3/c1-3-12-13(9(2)22-19-12)14(20)18-8-10-4-6-11(7-5-10)21-15(16)17/h4-7,15H,3,8H2,1-2H3,(H,18,20). The number of nitrogens with one attached hydrogen (secondary N) is 1. The molecule has 0 radical (unpaired) electrons. The number of carbonyl (C=O) groups is 1. The van der Waals surface area contributed by atoms with Crippen LogP contribution in [0.5, 0.6) is 5.75 Å². The van der Waals surface area contributed by atoms with Gasteiger partial charge in [-0.1, -0.05) is 24.2 Å². The van der Waals surface area contributed by atoms with E-state index in [1.54, 1.807) is 19.1 Å². The highest BCUT2D eigenvalue weighted by atomic mass is 19.3. The summed E-state index contributed by atoms with van der Waals surface area (Å²) in [7, 11) is 0. The van der Waals surface area contributed by atoms with E-state index in [1.807, 2.05) is 6.92 Å². The minimum Gasteiger partial charge on any atom is -0.435 e. The zero-order valence-electron chi connectivity index (χ0n) is 12.2. The molecule has 0 aliphatic carbocycles. The number of aryl methyl sites for hydroxylation is 2. The lowest BCUT2D eigenvalue weighted by Gasteiger charge is -2.07. The molecule has 1 aromatic carbocycles. The van der Waals surface area contributed by atoms with Gasteiger partial charge in [-0.15, -0.1) is 0 Å². The summed E-state index contributed by atoms with van der Waals surface area (Å²) in [5, 5.41) is 6.58. The highest BCUT2D eigenvalue weighted by Crippen LogP contribution is 2.16. The predicted molar refractivity (Wildman–Crippen MR) is 74.9 cm³/mol. The molecular formula is C15H16F2N2O3. The Balaban J connectivity index is 1.97. The van der Waals surface area contributed by atoms with Crippen LogP contribution in [0.1, 0.15) is 34.3 Å². The van der Waals surface area contributed by atoms with E-state index in [1.165, 1.54) is 12.1 Å². The first-order chi connectivity index (χ1) is 10.5. The first kappa shape index (κ1) is 15.9. The topological polar surface area (TPSA) is 64.4 Å². The van der Waals surface area contributed by atoms with Gasteiger partial charge in [-0.2, -0.15) is 8.78 Å².